The van der Waals surface area contributed by atoms with E-state index in [-0.39, 0.29) is 5.57 Å². The summed E-state index contributed by atoms with van der Waals surface area (Å²) in [6.45, 7) is 5.93. The van der Waals surface area contributed by atoms with E-state index < -0.39 is 5.91 Å². The number of nitriles is 1. The zero-order valence-electron chi connectivity index (χ0n) is 16.0. The number of halogens is 1. The first kappa shape index (κ1) is 19.7. The highest BCUT2D eigenvalue weighted by Gasteiger charge is 2.15. The Bertz CT molecular complexity index is 1120. The molecule has 5 heteroatoms. The SMILES string of the molecule is Cc1cccc(NC(=O)/C(C#N)=C\c2cc(C)n(-c3ccccc3Br)c2C)c1. The van der Waals surface area contributed by atoms with Gasteiger partial charge in [0.1, 0.15) is 11.6 Å². The van der Waals surface area contributed by atoms with Crippen LogP contribution in [-0.4, -0.2) is 10.5 Å². The maximum Gasteiger partial charge on any atom is 0.266 e. The number of anilines is 1. The molecular formula is C23H20BrN3O. The number of carbonyl (C=O) groups excluding carboxylic acids is 1. The van der Waals surface area contributed by atoms with E-state index in [4.69, 9.17) is 0 Å². The maximum absolute atomic E-state index is 12.6. The van der Waals surface area contributed by atoms with Gasteiger partial charge >= 0.3 is 0 Å². The quantitative estimate of drug-likeness (QED) is 0.422. The summed E-state index contributed by atoms with van der Waals surface area (Å²) in [5, 5.41) is 12.3. The molecule has 1 N–H and O–H groups in total. The first-order valence-electron chi connectivity index (χ1n) is 8.84. The number of aromatic nitrogens is 1. The van der Waals surface area contributed by atoms with E-state index in [1.165, 1.54) is 0 Å². The Labute approximate surface area is 173 Å². The molecule has 0 aliphatic heterocycles. The average Bonchev–Trinajstić information content (AvgIpc) is 2.93. The predicted octanol–water partition coefficient (Wildman–Crippen LogP) is 5.71. The van der Waals surface area contributed by atoms with Crippen LogP contribution in [0.25, 0.3) is 11.8 Å². The van der Waals surface area contributed by atoms with Gasteiger partial charge in [0.05, 0.1) is 5.69 Å². The molecule has 0 saturated carbocycles. The van der Waals surface area contributed by atoms with Gasteiger partial charge in [-0.2, -0.15) is 5.26 Å². The zero-order chi connectivity index (χ0) is 20.3. The van der Waals surface area contributed by atoms with E-state index in [0.29, 0.717) is 5.69 Å². The fourth-order valence-corrected chi connectivity index (χ4v) is 3.62. The summed E-state index contributed by atoms with van der Waals surface area (Å²) >= 11 is 3.59. The van der Waals surface area contributed by atoms with Gasteiger partial charge in [-0.05, 0) is 84.2 Å². The molecule has 3 rings (SSSR count). The predicted molar refractivity (Wildman–Crippen MR) is 116 cm³/mol. The molecule has 0 saturated heterocycles. The van der Waals surface area contributed by atoms with E-state index >= 15 is 0 Å². The first-order chi connectivity index (χ1) is 13.4. The van der Waals surface area contributed by atoms with Gasteiger partial charge in [0, 0.05) is 21.5 Å². The third-order valence-electron chi connectivity index (χ3n) is 4.50. The Balaban J connectivity index is 1.95. The van der Waals surface area contributed by atoms with Crippen molar-refractivity contribution in [1.82, 2.24) is 4.57 Å². The number of aryl methyl sites for hydroxylation is 2. The van der Waals surface area contributed by atoms with Crippen molar-refractivity contribution in [2.75, 3.05) is 5.32 Å². The molecule has 0 aliphatic carbocycles. The Morgan fingerprint density at radius 3 is 2.54 bits per heavy atom. The number of amides is 1. The van der Waals surface area contributed by atoms with Crippen LogP contribution in [0.3, 0.4) is 0 Å². The van der Waals surface area contributed by atoms with E-state index in [9.17, 15) is 10.1 Å². The van der Waals surface area contributed by atoms with Gasteiger partial charge in [0.2, 0.25) is 0 Å². The smallest absolute Gasteiger partial charge is 0.266 e. The summed E-state index contributed by atoms with van der Waals surface area (Å²) in [5.41, 5.74) is 5.60. The lowest BCUT2D eigenvalue weighted by molar-refractivity contribution is -0.112. The van der Waals surface area contributed by atoms with Gasteiger partial charge in [0.15, 0.2) is 0 Å². The largest absolute Gasteiger partial charge is 0.321 e. The fourth-order valence-electron chi connectivity index (χ4n) is 3.16. The van der Waals surface area contributed by atoms with Crippen LogP contribution in [-0.2, 0) is 4.79 Å². The fraction of sp³-hybridized carbons (Fsp3) is 0.130. The minimum absolute atomic E-state index is 0.0638. The first-order valence-corrected chi connectivity index (χ1v) is 9.63. The van der Waals surface area contributed by atoms with Gasteiger partial charge in [-0.25, -0.2) is 0 Å². The lowest BCUT2D eigenvalue weighted by atomic mass is 10.1. The average molecular weight is 434 g/mol. The number of para-hydroxylation sites is 1. The highest BCUT2D eigenvalue weighted by atomic mass is 79.9. The van der Waals surface area contributed by atoms with Crippen molar-refractivity contribution in [3.05, 3.63) is 87.2 Å². The molecule has 0 aliphatic rings. The Morgan fingerprint density at radius 1 is 1.11 bits per heavy atom. The number of hydrogen-bond donors (Lipinski definition) is 1. The second kappa shape index (κ2) is 8.28. The van der Waals surface area contributed by atoms with Crippen molar-refractivity contribution in [2.24, 2.45) is 0 Å². The van der Waals surface area contributed by atoms with E-state index in [1.54, 1.807) is 12.1 Å². The Hall–Kier alpha value is -3.10. The van der Waals surface area contributed by atoms with Crippen LogP contribution in [0.5, 0.6) is 0 Å². The van der Waals surface area contributed by atoms with Crippen molar-refractivity contribution < 1.29 is 4.79 Å². The molecule has 3 aromatic rings. The lowest BCUT2D eigenvalue weighted by Crippen LogP contribution is -2.13. The van der Waals surface area contributed by atoms with Gasteiger partial charge < -0.3 is 9.88 Å². The standard InChI is InChI=1S/C23H20BrN3O/c1-15-7-6-8-20(11-15)26-23(28)19(14-25)13-18-12-16(2)27(17(18)3)22-10-5-4-9-21(22)24/h4-13H,1-3H3,(H,26,28)/b19-13-. The Morgan fingerprint density at radius 2 is 1.86 bits per heavy atom. The molecule has 0 fully saturated rings. The summed E-state index contributed by atoms with van der Waals surface area (Å²) in [4.78, 5) is 12.6. The van der Waals surface area contributed by atoms with Crippen LogP contribution in [0.1, 0.15) is 22.5 Å². The molecule has 4 nitrogen and oxygen atoms in total. The molecule has 0 radical (unpaired) electrons. The van der Waals surface area contributed by atoms with Crippen LogP contribution in [0.4, 0.5) is 5.69 Å². The van der Waals surface area contributed by atoms with Crippen molar-refractivity contribution >= 4 is 33.6 Å². The van der Waals surface area contributed by atoms with Crippen molar-refractivity contribution in [1.29, 1.82) is 5.26 Å². The number of carbonyl (C=O) groups is 1. The topological polar surface area (TPSA) is 57.8 Å². The molecule has 1 aromatic heterocycles. The van der Waals surface area contributed by atoms with Crippen LogP contribution in [0.2, 0.25) is 0 Å². The number of nitrogens with one attached hydrogen (secondary N) is 1. The lowest BCUT2D eigenvalue weighted by Gasteiger charge is -2.11. The second-order valence-corrected chi connectivity index (χ2v) is 7.46. The molecule has 28 heavy (non-hydrogen) atoms. The minimum Gasteiger partial charge on any atom is -0.321 e. The maximum atomic E-state index is 12.6. The normalized spacial score (nSPS) is 11.2. The number of rotatable bonds is 4. The monoisotopic (exact) mass is 433 g/mol. The number of benzene rings is 2. The summed E-state index contributed by atoms with van der Waals surface area (Å²) in [6, 6.07) is 19.4. The van der Waals surface area contributed by atoms with Crippen molar-refractivity contribution in [2.45, 2.75) is 20.8 Å². The molecule has 0 unspecified atom stereocenters. The molecule has 2 aromatic carbocycles. The third kappa shape index (κ3) is 4.08. The van der Waals surface area contributed by atoms with Crippen molar-refractivity contribution in [3.8, 4) is 11.8 Å². The highest BCUT2D eigenvalue weighted by molar-refractivity contribution is 9.10. The summed E-state index contributed by atoms with van der Waals surface area (Å²) in [6.07, 6.45) is 1.64. The zero-order valence-corrected chi connectivity index (χ0v) is 17.5. The highest BCUT2D eigenvalue weighted by Crippen LogP contribution is 2.27. The minimum atomic E-state index is -0.418. The number of hydrogen-bond acceptors (Lipinski definition) is 2. The molecular weight excluding hydrogens is 414 g/mol. The van der Waals surface area contributed by atoms with Crippen LogP contribution >= 0.6 is 15.9 Å². The van der Waals surface area contributed by atoms with Gasteiger partial charge in [-0.3, -0.25) is 4.79 Å². The molecule has 140 valence electrons. The van der Waals surface area contributed by atoms with Gasteiger partial charge in [0.25, 0.3) is 5.91 Å². The summed E-state index contributed by atoms with van der Waals surface area (Å²) < 4.78 is 3.08. The van der Waals surface area contributed by atoms with E-state index in [1.807, 2.05) is 75.4 Å². The third-order valence-corrected chi connectivity index (χ3v) is 5.18. The molecule has 1 amide bonds. The Kier molecular flexibility index (Phi) is 5.81. The summed E-state index contributed by atoms with van der Waals surface area (Å²) in [7, 11) is 0. The van der Waals surface area contributed by atoms with E-state index in [0.717, 1.165) is 32.7 Å². The van der Waals surface area contributed by atoms with Crippen LogP contribution in [0.15, 0.2) is 64.6 Å². The second-order valence-electron chi connectivity index (χ2n) is 6.61. The van der Waals surface area contributed by atoms with Gasteiger partial charge in [-0.15, -0.1) is 0 Å². The van der Waals surface area contributed by atoms with Crippen LogP contribution in [0, 0.1) is 32.1 Å². The molecule has 0 bridgehead atoms. The molecule has 0 atom stereocenters. The van der Waals surface area contributed by atoms with Gasteiger partial charge in [-0.1, -0.05) is 24.3 Å². The molecule has 1 heterocycles. The summed E-state index contributed by atoms with van der Waals surface area (Å²) in [5.74, 6) is -0.418. The van der Waals surface area contributed by atoms with Crippen LogP contribution < -0.4 is 5.32 Å². The van der Waals surface area contributed by atoms with E-state index in [2.05, 4.69) is 25.8 Å². The number of nitrogens with zero attached hydrogens (tertiary/aromatic N) is 2. The molecule has 0 spiro atoms. The van der Waals surface area contributed by atoms with Crippen molar-refractivity contribution in [3.63, 3.8) is 0 Å².